The molecule has 3 N–H and O–H groups in total. The van der Waals surface area contributed by atoms with Crippen molar-refractivity contribution in [2.45, 2.75) is 13.6 Å². The number of rotatable bonds is 4. The number of nitrogens with two attached hydrogens (primary N) is 1. The molecule has 0 spiro atoms. The minimum Gasteiger partial charge on any atom is -0.384 e. The summed E-state index contributed by atoms with van der Waals surface area (Å²) in [4.78, 5) is 0. The van der Waals surface area contributed by atoms with E-state index in [1.807, 2.05) is 19.1 Å². The van der Waals surface area contributed by atoms with Crippen LogP contribution in [-0.2, 0) is 6.67 Å². The van der Waals surface area contributed by atoms with Crippen LogP contribution in [0.25, 0.3) is 0 Å². The van der Waals surface area contributed by atoms with Gasteiger partial charge in [0.2, 0.25) is 0 Å². The van der Waals surface area contributed by atoms with Crippen LogP contribution in [-0.4, -0.2) is 13.1 Å². The topological polar surface area (TPSA) is 38.0 Å². The van der Waals surface area contributed by atoms with Gasteiger partial charge in [0.25, 0.3) is 0 Å². The lowest BCUT2D eigenvalue weighted by atomic mass is 10.1. The Morgan fingerprint density at radius 3 is 2.77 bits per heavy atom. The summed E-state index contributed by atoms with van der Waals surface area (Å²) in [5.41, 5.74) is 8.17. The molecular formula is C10H15FN2. The van der Waals surface area contributed by atoms with Crippen LogP contribution in [0.2, 0.25) is 0 Å². The second-order valence-corrected chi connectivity index (χ2v) is 3.00. The zero-order valence-electron chi connectivity index (χ0n) is 7.81. The average molecular weight is 182 g/mol. The minimum atomic E-state index is -0.405. The molecule has 0 aromatic heterocycles. The molecule has 0 saturated carbocycles. The maximum atomic E-state index is 12.2. The Balaban J connectivity index is 2.73. The molecule has 1 aromatic rings. The lowest BCUT2D eigenvalue weighted by Crippen LogP contribution is -2.13. The molecule has 1 rings (SSSR count). The molecule has 0 saturated heterocycles. The number of benzene rings is 1. The first-order chi connectivity index (χ1) is 6.27. The summed E-state index contributed by atoms with van der Waals surface area (Å²) >= 11 is 0. The van der Waals surface area contributed by atoms with Gasteiger partial charge >= 0.3 is 0 Å². The third-order valence-corrected chi connectivity index (χ3v) is 1.90. The number of hydrogen-bond donors (Lipinski definition) is 2. The van der Waals surface area contributed by atoms with Crippen molar-refractivity contribution in [2.24, 2.45) is 5.73 Å². The molecule has 0 aliphatic rings. The Kier molecular flexibility index (Phi) is 3.71. The van der Waals surface area contributed by atoms with Gasteiger partial charge in [0.1, 0.15) is 6.67 Å². The summed E-state index contributed by atoms with van der Waals surface area (Å²) in [6.07, 6.45) is 0. The van der Waals surface area contributed by atoms with Crippen LogP contribution in [0.5, 0.6) is 0 Å². The summed E-state index contributed by atoms with van der Waals surface area (Å²) in [5, 5.41) is 3.17. The van der Waals surface area contributed by atoms with E-state index in [9.17, 15) is 4.39 Å². The standard InChI is InChI=1S/C10H15FN2/c1-8-6-9(7-11)2-3-10(8)13-5-4-12/h2-3,6,13H,4-5,7,12H2,1H3. The van der Waals surface area contributed by atoms with Crippen molar-refractivity contribution < 1.29 is 4.39 Å². The summed E-state index contributed by atoms with van der Waals surface area (Å²) in [6.45, 7) is 2.90. The van der Waals surface area contributed by atoms with Gasteiger partial charge < -0.3 is 11.1 Å². The smallest absolute Gasteiger partial charge is 0.115 e. The molecule has 0 fully saturated rings. The van der Waals surface area contributed by atoms with Crippen molar-refractivity contribution in [1.29, 1.82) is 0 Å². The second kappa shape index (κ2) is 4.82. The molecule has 0 bridgehead atoms. The largest absolute Gasteiger partial charge is 0.384 e. The number of halogens is 1. The molecule has 0 unspecified atom stereocenters. The highest BCUT2D eigenvalue weighted by molar-refractivity contribution is 5.51. The number of nitrogens with one attached hydrogen (secondary N) is 1. The van der Waals surface area contributed by atoms with Gasteiger partial charge in [-0.05, 0) is 24.1 Å². The van der Waals surface area contributed by atoms with E-state index in [1.54, 1.807) is 6.07 Å². The van der Waals surface area contributed by atoms with Crippen LogP contribution in [0.3, 0.4) is 0 Å². The summed E-state index contributed by atoms with van der Waals surface area (Å²) in [7, 11) is 0. The van der Waals surface area contributed by atoms with Crippen LogP contribution in [0.1, 0.15) is 11.1 Å². The van der Waals surface area contributed by atoms with Crippen LogP contribution >= 0.6 is 0 Å². The molecule has 3 heteroatoms. The highest BCUT2D eigenvalue weighted by Gasteiger charge is 1.98. The molecule has 1 aromatic carbocycles. The Morgan fingerprint density at radius 2 is 2.23 bits per heavy atom. The zero-order valence-corrected chi connectivity index (χ0v) is 7.81. The van der Waals surface area contributed by atoms with E-state index < -0.39 is 6.67 Å². The van der Waals surface area contributed by atoms with Crippen LogP contribution in [0, 0.1) is 6.92 Å². The second-order valence-electron chi connectivity index (χ2n) is 3.00. The molecule has 0 aliphatic heterocycles. The van der Waals surface area contributed by atoms with Crippen LogP contribution in [0.15, 0.2) is 18.2 Å². The lowest BCUT2D eigenvalue weighted by molar-refractivity contribution is 0.485. The van der Waals surface area contributed by atoms with Gasteiger partial charge in [-0.3, -0.25) is 0 Å². The van der Waals surface area contributed by atoms with E-state index in [0.29, 0.717) is 6.54 Å². The van der Waals surface area contributed by atoms with Gasteiger partial charge in [0.05, 0.1) is 0 Å². The van der Waals surface area contributed by atoms with Crippen LogP contribution < -0.4 is 11.1 Å². The van der Waals surface area contributed by atoms with Crippen molar-refractivity contribution >= 4 is 5.69 Å². The molecule has 13 heavy (non-hydrogen) atoms. The molecular weight excluding hydrogens is 167 g/mol. The fourth-order valence-corrected chi connectivity index (χ4v) is 1.21. The molecule has 0 radical (unpaired) electrons. The quantitative estimate of drug-likeness (QED) is 0.745. The van der Waals surface area contributed by atoms with Gasteiger partial charge in [0, 0.05) is 18.8 Å². The van der Waals surface area contributed by atoms with Crippen molar-refractivity contribution in [3.05, 3.63) is 29.3 Å². The monoisotopic (exact) mass is 182 g/mol. The number of hydrogen-bond acceptors (Lipinski definition) is 2. The zero-order chi connectivity index (χ0) is 9.68. The molecule has 0 amide bonds. The normalized spacial score (nSPS) is 10.1. The Labute approximate surface area is 77.9 Å². The minimum absolute atomic E-state index is 0.405. The predicted octanol–water partition coefficient (Wildman–Crippen LogP) is 1.84. The molecule has 0 aliphatic carbocycles. The predicted molar refractivity (Wildman–Crippen MR) is 53.5 cm³/mol. The maximum Gasteiger partial charge on any atom is 0.115 e. The first-order valence-corrected chi connectivity index (χ1v) is 4.37. The lowest BCUT2D eigenvalue weighted by Gasteiger charge is -2.08. The van der Waals surface area contributed by atoms with Crippen molar-refractivity contribution in [3.63, 3.8) is 0 Å². The maximum absolute atomic E-state index is 12.2. The summed E-state index contributed by atoms with van der Waals surface area (Å²) in [5.74, 6) is 0. The fourth-order valence-electron chi connectivity index (χ4n) is 1.21. The average Bonchev–Trinajstić information content (AvgIpc) is 2.16. The third kappa shape index (κ3) is 2.70. The molecule has 0 heterocycles. The van der Waals surface area contributed by atoms with E-state index in [4.69, 9.17) is 5.73 Å². The van der Waals surface area contributed by atoms with E-state index >= 15 is 0 Å². The van der Waals surface area contributed by atoms with E-state index in [2.05, 4.69) is 5.32 Å². The third-order valence-electron chi connectivity index (χ3n) is 1.90. The van der Waals surface area contributed by atoms with E-state index in [0.717, 1.165) is 23.4 Å². The molecule has 72 valence electrons. The number of alkyl halides is 1. The summed E-state index contributed by atoms with van der Waals surface area (Å²) < 4.78 is 12.2. The Bertz CT molecular complexity index is 274. The number of aryl methyl sites for hydroxylation is 1. The van der Waals surface area contributed by atoms with Crippen molar-refractivity contribution in [2.75, 3.05) is 18.4 Å². The van der Waals surface area contributed by atoms with Crippen molar-refractivity contribution in [1.82, 2.24) is 0 Å². The van der Waals surface area contributed by atoms with Gasteiger partial charge in [-0.2, -0.15) is 0 Å². The molecule has 2 nitrogen and oxygen atoms in total. The van der Waals surface area contributed by atoms with Gasteiger partial charge in [-0.1, -0.05) is 12.1 Å². The van der Waals surface area contributed by atoms with Gasteiger partial charge in [0.15, 0.2) is 0 Å². The van der Waals surface area contributed by atoms with Crippen molar-refractivity contribution in [3.8, 4) is 0 Å². The van der Waals surface area contributed by atoms with E-state index in [1.165, 1.54) is 0 Å². The SMILES string of the molecule is Cc1cc(CF)ccc1NCCN. The Hall–Kier alpha value is -1.09. The Morgan fingerprint density at radius 1 is 1.46 bits per heavy atom. The number of anilines is 1. The van der Waals surface area contributed by atoms with Gasteiger partial charge in [-0.15, -0.1) is 0 Å². The fraction of sp³-hybridized carbons (Fsp3) is 0.400. The highest BCUT2D eigenvalue weighted by atomic mass is 19.1. The van der Waals surface area contributed by atoms with Gasteiger partial charge in [-0.25, -0.2) is 4.39 Å². The van der Waals surface area contributed by atoms with Crippen LogP contribution in [0.4, 0.5) is 10.1 Å². The summed E-state index contributed by atoms with van der Waals surface area (Å²) in [6, 6.07) is 5.52. The van der Waals surface area contributed by atoms with E-state index in [-0.39, 0.29) is 0 Å². The first kappa shape index (κ1) is 9.99. The highest BCUT2D eigenvalue weighted by Crippen LogP contribution is 2.16. The first-order valence-electron chi connectivity index (χ1n) is 4.37. The molecule has 0 atom stereocenters.